The van der Waals surface area contributed by atoms with Crippen molar-refractivity contribution in [3.8, 4) is 0 Å². The van der Waals surface area contributed by atoms with Crippen molar-refractivity contribution >= 4 is 5.97 Å². The molecule has 3 nitrogen and oxygen atoms in total. The van der Waals surface area contributed by atoms with Crippen LogP contribution in [0.15, 0.2) is 0 Å². The van der Waals surface area contributed by atoms with Gasteiger partial charge in [0.2, 0.25) is 0 Å². The molecule has 70 valence electrons. The standard InChI is InChI=1S/C9H16O3/c1-6-3-8(5-9(10)11)4-7(2)12-6/h6-8H,3-5H2,1-2H3,(H,10,11)/t6-,7-/m0/s1. The van der Waals surface area contributed by atoms with Crippen molar-refractivity contribution in [3.05, 3.63) is 0 Å². The van der Waals surface area contributed by atoms with Gasteiger partial charge in [0.05, 0.1) is 12.2 Å². The highest BCUT2D eigenvalue weighted by Gasteiger charge is 2.25. The summed E-state index contributed by atoms with van der Waals surface area (Å²) in [6, 6.07) is 0. The fraction of sp³-hybridized carbons (Fsp3) is 0.889. The predicted octanol–water partition coefficient (Wildman–Crippen LogP) is 1.66. The first kappa shape index (κ1) is 9.52. The highest BCUT2D eigenvalue weighted by molar-refractivity contribution is 5.67. The van der Waals surface area contributed by atoms with Gasteiger partial charge in [-0.25, -0.2) is 0 Å². The molecule has 2 atom stereocenters. The second-order valence-electron chi connectivity index (χ2n) is 3.69. The van der Waals surface area contributed by atoms with Gasteiger partial charge in [0.15, 0.2) is 0 Å². The summed E-state index contributed by atoms with van der Waals surface area (Å²) in [6.07, 6.45) is 2.50. The second kappa shape index (κ2) is 3.90. The van der Waals surface area contributed by atoms with Gasteiger partial charge in [0.1, 0.15) is 0 Å². The maximum atomic E-state index is 10.4. The number of rotatable bonds is 2. The molecular formula is C9H16O3. The third-order valence-corrected chi connectivity index (χ3v) is 2.26. The van der Waals surface area contributed by atoms with E-state index in [0.29, 0.717) is 5.92 Å². The molecule has 3 heteroatoms. The van der Waals surface area contributed by atoms with E-state index in [0.717, 1.165) is 12.8 Å². The molecule has 0 aromatic rings. The van der Waals surface area contributed by atoms with Crippen LogP contribution in [0.4, 0.5) is 0 Å². The average Bonchev–Trinajstić information content (AvgIpc) is 1.81. The Kier molecular flexibility index (Phi) is 3.09. The summed E-state index contributed by atoms with van der Waals surface area (Å²) in [6.45, 7) is 4.01. The van der Waals surface area contributed by atoms with Gasteiger partial charge in [-0.3, -0.25) is 4.79 Å². The maximum Gasteiger partial charge on any atom is 0.303 e. The van der Waals surface area contributed by atoms with E-state index in [1.165, 1.54) is 0 Å². The lowest BCUT2D eigenvalue weighted by molar-refractivity contribution is -0.140. The molecule has 1 saturated heterocycles. The Morgan fingerprint density at radius 3 is 2.33 bits per heavy atom. The molecule has 1 heterocycles. The smallest absolute Gasteiger partial charge is 0.303 e. The van der Waals surface area contributed by atoms with Crippen LogP contribution in [0.3, 0.4) is 0 Å². The van der Waals surface area contributed by atoms with Crippen molar-refractivity contribution in [1.29, 1.82) is 0 Å². The predicted molar refractivity (Wildman–Crippen MR) is 45.0 cm³/mol. The molecule has 0 spiro atoms. The van der Waals surface area contributed by atoms with E-state index >= 15 is 0 Å². The minimum absolute atomic E-state index is 0.220. The summed E-state index contributed by atoms with van der Waals surface area (Å²) in [7, 11) is 0. The van der Waals surface area contributed by atoms with Gasteiger partial charge < -0.3 is 9.84 Å². The lowest BCUT2D eigenvalue weighted by Crippen LogP contribution is -2.30. The van der Waals surface area contributed by atoms with Gasteiger partial charge in [-0.05, 0) is 32.6 Å². The minimum atomic E-state index is -0.693. The average molecular weight is 172 g/mol. The topological polar surface area (TPSA) is 46.5 Å². The molecule has 1 N–H and O–H groups in total. The lowest BCUT2D eigenvalue weighted by atomic mass is 9.90. The molecule has 1 rings (SSSR count). The van der Waals surface area contributed by atoms with Crippen molar-refractivity contribution in [2.24, 2.45) is 5.92 Å². The third kappa shape index (κ3) is 2.81. The van der Waals surface area contributed by atoms with Gasteiger partial charge in [-0.2, -0.15) is 0 Å². The SMILES string of the molecule is C[C@H]1CC(CC(=O)O)C[C@H](C)O1. The molecule has 0 aliphatic carbocycles. The van der Waals surface area contributed by atoms with Crippen LogP contribution >= 0.6 is 0 Å². The van der Waals surface area contributed by atoms with Crippen molar-refractivity contribution < 1.29 is 14.6 Å². The number of hydrogen-bond acceptors (Lipinski definition) is 2. The number of ether oxygens (including phenoxy) is 1. The van der Waals surface area contributed by atoms with Crippen LogP contribution in [0.25, 0.3) is 0 Å². The zero-order chi connectivity index (χ0) is 9.14. The molecule has 1 aliphatic heterocycles. The first-order valence-electron chi connectivity index (χ1n) is 4.45. The molecule has 0 amide bonds. The molecule has 0 saturated carbocycles. The molecule has 0 aromatic heterocycles. The van der Waals surface area contributed by atoms with Gasteiger partial charge in [0.25, 0.3) is 0 Å². The maximum absolute atomic E-state index is 10.4. The van der Waals surface area contributed by atoms with Gasteiger partial charge in [0, 0.05) is 6.42 Å². The van der Waals surface area contributed by atoms with Crippen LogP contribution in [0.1, 0.15) is 33.1 Å². The van der Waals surface area contributed by atoms with E-state index in [2.05, 4.69) is 0 Å². The summed E-state index contributed by atoms with van der Waals surface area (Å²) in [5, 5.41) is 8.60. The van der Waals surface area contributed by atoms with Gasteiger partial charge >= 0.3 is 5.97 Å². The van der Waals surface area contributed by atoms with Gasteiger partial charge in [-0.15, -0.1) is 0 Å². The Labute approximate surface area is 72.7 Å². The summed E-state index contributed by atoms with van der Waals surface area (Å²) < 4.78 is 5.51. The molecule has 12 heavy (non-hydrogen) atoms. The largest absolute Gasteiger partial charge is 0.481 e. The Morgan fingerprint density at radius 1 is 1.42 bits per heavy atom. The zero-order valence-corrected chi connectivity index (χ0v) is 7.62. The molecule has 0 unspecified atom stereocenters. The number of carboxylic acids is 1. The fourth-order valence-electron chi connectivity index (χ4n) is 1.96. The molecular weight excluding hydrogens is 156 g/mol. The second-order valence-corrected chi connectivity index (χ2v) is 3.69. The van der Waals surface area contributed by atoms with Crippen molar-refractivity contribution in [1.82, 2.24) is 0 Å². The molecule has 1 aliphatic rings. The van der Waals surface area contributed by atoms with E-state index in [9.17, 15) is 4.79 Å². The Balaban J connectivity index is 2.38. The summed E-state index contributed by atoms with van der Waals surface area (Å²) >= 11 is 0. The molecule has 0 radical (unpaired) electrons. The number of carbonyl (C=O) groups is 1. The molecule has 1 fully saturated rings. The number of hydrogen-bond donors (Lipinski definition) is 1. The first-order chi connectivity index (χ1) is 5.58. The minimum Gasteiger partial charge on any atom is -0.481 e. The lowest BCUT2D eigenvalue weighted by Gasteiger charge is -2.31. The van der Waals surface area contributed by atoms with E-state index < -0.39 is 5.97 Å². The quantitative estimate of drug-likeness (QED) is 0.689. The van der Waals surface area contributed by atoms with Crippen LogP contribution in [0.5, 0.6) is 0 Å². The van der Waals surface area contributed by atoms with Gasteiger partial charge in [-0.1, -0.05) is 0 Å². The highest BCUT2D eigenvalue weighted by atomic mass is 16.5. The van der Waals surface area contributed by atoms with Crippen LogP contribution in [-0.4, -0.2) is 23.3 Å². The van der Waals surface area contributed by atoms with E-state index in [1.54, 1.807) is 0 Å². The van der Waals surface area contributed by atoms with E-state index in [-0.39, 0.29) is 18.6 Å². The van der Waals surface area contributed by atoms with E-state index in [4.69, 9.17) is 9.84 Å². The zero-order valence-electron chi connectivity index (χ0n) is 7.62. The Hall–Kier alpha value is -0.570. The number of aliphatic carboxylic acids is 1. The fourth-order valence-corrected chi connectivity index (χ4v) is 1.96. The Morgan fingerprint density at radius 2 is 1.92 bits per heavy atom. The Bertz CT molecular complexity index is 157. The monoisotopic (exact) mass is 172 g/mol. The summed E-state index contributed by atoms with van der Waals surface area (Å²) in [4.78, 5) is 10.4. The molecule has 0 bridgehead atoms. The number of carboxylic acid groups (broad SMARTS) is 1. The molecule has 0 aromatic carbocycles. The van der Waals surface area contributed by atoms with E-state index in [1.807, 2.05) is 13.8 Å². The first-order valence-corrected chi connectivity index (χ1v) is 4.45. The highest BCUT2D eigenvalue weighted by Crippen LogP contribution is 2.26. The third-order valence-electron chi connectivity index (χ3n) is 2.26. The summed E-state index contributed by atoms with van der Waals surface area (Å²) in [5.41, 5.74) is 0. The normalized spacial score (nSPS) is 36.3. The van der Waals surface area contributed by atoms with Crippen LogP contribution in [0, 0.1) is 5.92 Å². The van der Waals surface area contributed by atoms with Crippen LogP contribution in [0.2, 0.25) is 0 Å². The van der Waals surface area contributed by atoms with Crippen molar-refractivity contribution in [2.45, 2.75) is 45.3 Å². The summed E-state index contributed by atoms with van der Waals surface area (Å²) in [5.74, 6) is -0.387. The van der Waals surface area contributed by atoms with Crippen LogP contribution in [-0.2, 0) is 9.53 Å². The van der Waals surface area contributed by atoms with Crippen molar-refractivity contribution in [3.63, 3.8) is 0 Å². The van der Waals surface area contributed by atoms with Crippen LogP contribution < -0.4 is 0 Å². The van der Waals surface area contributed by atoms with Crippen molar-refractivity contribution in [2.75, 3.05) is 0 Å².